The van der Waals surface area contributed by atoms with Crippen LogP contribution in [0.5, 0.6) is 17.2 Å². The van der Waals surface area contributed by atoms with Crippen LogP contribution in [0.15, 0.2) is 42.5 Å². The van der Waals surface area contributed by atoms with Crippen molar-refractivity contribution in [3.05, 3.63) is 48.0 Å². The predicted molar refractivity (Wildman–Crippen MR) is 95.5 cm³/mol. The number of amides is 2. The van der Waals surface area contributed by atoms with Gasteiger partial charge < -0.3 is 24.8 Å². The highest BCUT2D eigenvalue weighted by atomic mass is 16.5. The zero-order valence-electron chi connectivity index (χ0n) is 14.6. The summed E-state index contributed by atoms with van der Waals surface area (Å²) in [6, 6.07) is 12.5. The van der Waals surface area contributed by atoms with Crippen molar-refractivity contribution >= 4 is 17.5 Å². The molecule has 7 heteroatoms. The van der Waals surface area contributed by atoms with Crippen molar-refractivity contribution in [3.63, 3.8) is 0 Å². The Morgan fingerprint density at radius 1 is 1.19 bits per heavy atom. The lowest BCUT2D eigenvalue weighted by molar-refractivity contribution is -0.130. The largest absolute Gasteiger partial charge is 0.497 e. The number of hydrogen-bond donors (Lipinski definition) is 2. The fourth-order valence-electron chi connectivity index (χ4n) is 2.68. The van der Waals surface area contributed by atoms with E-state index in [1.807, 2.05) is 6.07 Å². The molecular weight excluding hydrogens is 336 g/mol. The van der Waals surface area contributed by atoms with E-state index in [2.05, 4.69) is 10.6 Å². The summed E-state index contributed by atoms with van der Waals surface area (Å²) in [6.07, 6.45) is -0.941. The fraction of sp³-hybridized carbons (Fsp3) is 0.263. The molecule has 0 fully saturated rings. The molecule has 0 saturated carbocycles. The standard InChI is InChI=1S/C19H20N2O5/c1-24-13-7-8-15(25-2)12(9-13)11-20-18(22)10-17-19(23)21-14-5-3-4-6-16(14)26-17/h3-9,17H,10-11H2,1-2H3,(H,20,22)(H,21,23)/t17-/m0/s1. The molecule has 0 aliphatic carbocycles. The molecule has 1 aliphatic rings. The van der Waals surface area contributed by atoms with Gasteiger partial charge >= 0.3 is 0 Å². The second-order valence-electron chi connectivity index (χ2n) is 5.75. The van der Waals surface area contributed by atoms with E-state index in [9.17, 15) is 9.59 Å². The van der Waals surface area contributed by atoms with E-state index in [-0.39, 0.29) is 24.8 Å². The Morgan fingerprint density at radius 3 is 2.77 bits per heavy atom. The third-order valence-corrected chi connectivity index (χ3v) is 4.04. The number of para-hydroxylation sites is 2. The number of ether oxygens (including phenoxy) is 3. The Morgan fingerprint density at radius 2 is 2.00 bits per heavy atom. The average Bonchev–Trinajstić information content (AvgIpc) is 2.66. The molecule has 0 unspecified atom stereocenters. The molecule has 2 N–H and O–H groups in total. The minimum absolute atomic E-state index is 0.0769. The summed E-state index contributed by atoms with van der Waals surface area (Å²) in [4.78, 5) is 24.4. The van der Waals surface area contributed by atoms with Gasteiger partial charge in [-0.2, -0.15) is 0 Å². The van der Waals surface area contributed by atoms with Gasteiger partial charge in [-0.15, -0.1) is 0 Å². The van der Waals surface area contributed by atoms with Crippen LogP contribution >= 0.6 is 0 Å². The molecule has 2 aromatic carbocycles. The summed E-state index contributed by atoms with van der Waals surface area (Å²) < 4.78 is 16.1. The van der Waals surface area contributed by atoms with Crippen molar-refractivity contribution in [2.75, 3.05) is 19.5 Å². The molecule has 26 heavy (non-hydrogen) atoms. The molecule has 0 aromatic heterocycles. The van der Waals surface area contributed by atoms with Crippen LogP contribution in [0.1, 0.15) is 12.0 Å². The number of nitrogens with one attached hydrogen (secondary N) is 2. The lowest BCUT2D eigenvalue weighted by Crippen LogP contribution is -2.40. The van der Waals surface area contributed by atoms with Gasteiger partial charge in [-0.3, -0.25) is 9.59 Å². The van der Waals surface area contributed by atoms with Crippen LogP contribution < -0.4 is 24.8 Å². The van der Waals surface area contributed by atoms with Crippen LogP contribution in [-0.4, -0.2) is 32.1 Å². The van der Waals surface area contributed by atoms with Gasteiger partial charge in [-0.1, -0.05) is 12.1 Å². The Bertz CT molecular complexity index is 821. The van der Waals surface area contributed by atoms with Gasteiger partial charge in [0, 0.05) is 12.1 Å². The van der Waals surface area contributed by atoms with Crippen molar-refractivity contribution in [3.8, 4) is 17.2 Å². The summed E-state index contributed by atoms with van der Waals surface area (Å²) in [5.41, 5.74) is 1.38. The number of fused-ring (bicyclic) bond motifs is 1. The van der Waals surface area contributed by atoms with Gasteiger partial charge in [-0.05, 0) is 30.3 Å². The van der Waals surface area contributed by atoms with E-state index in [0.29, 0.717) is 22.9 Å². The Labute approximate surface area is 151 Å². The molecule has 1 atom stereocenters. The monoisotopic (exact) mass is 356 g/mol. The first-order chi connectivity index (χ1) is 12.6. The number of hydrogen-bond acceptors (Lipinski definition) is 5. The van der Waals surface area contributed by atoms with Gasteiger partial charge in [0.25, 0.3) is 5.91 Å². The van der Waals surface area contributed by atoms with Crippen molar-refractivity contribution in [1.82, 2.24) is 5.32 Å². The van der Waals surface area contributed by atoms with Crippen LogP contribution in [0.25, 0.3) is 0 Å². The molecule has 3 rings (SSSR count). The molecule has 7 nitrogen and oxygen atoms in total. The minimum atomic E-state index is -0.864. The van der Waals surface area contributed by atoms with Crippen LogP contribution in [0.2, 0.25) is 0 Å². The molecule has 2 amide bonds. The molecule has 2 aromatic rings. The Kier molecular flexibility index (Phi) is 5.26. The smallest absolute Gasteiger partial charge is 0.266 e. The third kappa shape index (κ3) is 3.88. The maximum atomic E-state index is 12.3. The quantitative estimate of drug-likeness (QED) is 0.828. The Balaban J connectivity index is 1.61. The van der Waals surface area contributed by atoms with E-state index in [1.165, 1.54) is 0 Å². The van der Waals surface area contributed by atoms with Gasteiger partial charge in [0.1, 0.15) is 17.2 Å². The summed E-state index contributed by atoms with van der Waals surface area (Å²) in [7, 11) is 3.13. The number of methoxy groups -OCH3 is 2. The molecule has 0 bridgehead atoms. The number of benzene rings is 2. The van der Waals surface area contributed by atoms with E-state index in [1.54, 1.807) is 50.6 Å². The first kappa shape index (κ1) is 17.6. The maximum Gasteiger partial charge on any atom is 0.266 e. The molecule has 0 saturated heterocycles. The van der Waals surface area contributed by atoms with Gasteiger partial charge in [0.2, 0.25) is 5.91 Å². The zero-order chi connectivity index (χ0) is 18.5. The molecular formula is C19H20N2O5. The van der Waals surface area contributed by atoms with E-state index >= 15 is 0 Å². The second-order valence-corrected chi connectivity index (χ2v) is 5.75. The first-order valence-electron chi connectivity index (χ1n) is 8.15. The minimum Gasteiger partial charge on any atom is -0.497 e. The van der Waals surface area contributed by atoms with Crippen molar-refractivity contribution in [2.45, 2.75) is 19.1 Å². The van der Waals surface area contributed by atoms with E-state index < -0.39 is 6.10 Å². The molecule has 1 aliphatic heterocycles. The highest BCUT2D eigenvalue weighted by molar-refractivity contribution is 5.99. The van der Waals surface area contributed by atoms with Gasteiger partial charge in [0.05, 0.1) is 26.3 Å². The number of carbonyl (C=O) groups is 2. The van der Waals surface area contributed by atoms with Gasteiger partial charge in [-0.25, -0.2) is 0 Å². The Hall–Kier alpha value is -3.22. The van der Waals surface area contributed by atoms with Crippen LogP contribution in [0, 0.1) is 0 Å². The number of anilines is 1. The number of carbonyl (C=O) groups excluding carboxylic acids is 2. The fourth-order valence-corrected chi connectivity index (χ4v) is 2.68. The molecule has 0 radical (unpaired) electrons. The maximum absolute atomic E-state index is 12.3. The van der Waals surface area contributed by atoms with Crippen LogP contribution in [0.4, 0.5) is 5.69 Å². The first-order valence-corrected chi connectivity index (χ1v) is 8.15. The SMILES string of the molecule is COc1ccc(OC)c(CNC(=O)C[C@@H]2Oc3ccccc3NC2=O)c1. The van der Waals surface area contributed by atoms with Crippen LogP contribution in [0.3, 0.4) is 0 Å². The lowest BCUT2D eigenvalue weighted by Gasteiger charge is -2.25. The molecule has 0 spiro atoms. The molecule has 1 heterocycles. The average molecular weight is 356 g/mol. The zero-order valence-corrected chi connectivity index (χ0v) is 14.6. The second kappa shape index (κ2) is 7.77. The van der Waals surface area contributed by atoms with Gasteiger partial charge in [0.15, 0.2) is 6.10 Å². The predicted octanol–water partition coefficient (Wildman–Crippen LogP) is 2.11. The van der Waals surface area contributed by atoms with Crippen molar-refractivity contribution in [1.29, 1.82) is 0 Å². The highest BCUT2D eigenvalue weighted by Crippen LogP contribution is 2.29. The molecule has 136 valence electrons. The normalized spacial score (nSPS) is 15.3. The van der Waals surface area contributed by atoms with E-state index in [0.717, 1.165) is 5.56 Å². The summed E-state index contributed by atoms with van der Waals surface area (Å²) in [5.74, 6) is 1.24. The third-order valence-electron chi connectivity index (χ3n) is 4.04. The van der Waals surface area contributed by atoms with E-state index in [4.69, 9.17) is 14.2 Å². The topological polar surface area (TPSA) is 85.9 Å². The lowest BCUT2D eigenvalue weighted by atomic mass is 10.1. The summed E-state index contributed by atoms with van der Waals surface area (Å²) in [6.45, 7) is 0.254. The van der Waals surface area contributed by atoms with Crippen molar-refractivity contribution in [2.24, 2.45) is 0 Å². The highest BCUT2D eigenvalue weighted by Gasteiger charge is 2.29. The van der Waals surface area contributed by atoms with Crippen LogP contribution in [-0.2, 0) is 16.1 Å². The summed E-state index contributed by atoms with van der Waals surface area (Å²) >= 11 is 0. The summed E-state index contributed by atoms with van der Waals surface area (Å²) in [5, 5.41) is 5.52. The van der Waals surface area contributed by atoms with Crippen molar-refractivity contribution < 1.29 is 23.8 Å². The number of rotatable bonds is 6.